The Labute approximate surface area is 139 Å². The van der Waals surface area contributed by atoms with Crippen LogP contribution in [0.1, 0.15) is 31.0 Å². The van der Waals surface area contributed by atoms with Crippen LogP contribution in [0.25, 0.3) is 11.4 Å². The fourth-order valence-electron chi connectivity index (χ4n) is 2.04. The third kappa shape index (κ3) is 3.71. The van der Waals surface area contributed by atoms with E-state index >= 15 is 0 Å². The Hall–Kier alpha value is -1.21. The Morgan fingerprint density at radius 2 is 1.86 bits per heavy atom. The first kappa shape index (κ1) is 16.2. The van der Waals surface area contributed by atoms with E-state index < -0.39 is 0 Å². The molecule has 112 valence electrons. The van der Waals surface area contributed by atoms with Gasteiger partial charge in [-0.2, -0.15) is 0 Å². The first-order valence-electron chi connectivity index (χ1n) is 6.90. The molecule has 1 aromatic heterocycles. The topological polar surface area (TPSA) is 47.0 Å². The van der Waals surface area contributed by atoms with Gasteiger partial charge in [0.05, 0.1) is 15.9 Å². The average molecular weight is 397 g/mol. The van der Waals surface area contributed by atoms with E-state index in [0.29, 0.717) is 12.5 Å². The van der Waals surface area contributed by atoms with E-state index in [4.69, 9.17) is 4.74 Å². The largest absolute Gasteiger partial charge is 0.378 e. The van der Waals surface area contributed by atoms with Crippen molar-refractivity contribution in [1.29, 1.82) is 0 Å². The van der Waals surface area contributed by atoms with Gasteiger partial charge in [0.1, 0.15) is 5.82 Å². The number of nitrogens with zero attached hydrogens (tertiary/aromatic N) is 2. The van der Waals surface area contributed by atoms with Crippen LogP contribution in [0.4, 0.5) is 5.82 Å². The molecule has 0 fully saturated rings. The standard InChI is InChI=1S/C16H20IN3O/c1-10(2)11-5-7-12(8-6-11)15-19-13(9-21-4)14(17)16(18-3)20-15/h5-8,10H,9H2,1-4H3,(H,18,19,20). The van der Waals surface area contributed by atoms with Crippen LogP contribution in [-0.4, -0.2) is 24.1 Å². The number of aromatic nitrogens is 2. The first-order chi connectivity index (χ1) is 10.1. The van der Waals surface area contributed by atoms with Crippen LogP contribution in [0, 0.1) is 3.57 Å². The van der Waals surface area contributed by atoms with Crippen molar-refractivity contribution in [2.75, 3.05) is 19.5 Å². The minimum Gasteiger partial charge on any atom is -0.378 e. The lowest BCUT2D eigenvalue weighted by Gasteiger charge is -2.11. The van der Waals surface area contributed by atoms with Gasteiger partial charge >= 0.3 is 0 Å². The third-order valence-corrected chi connectivity index (χ3v) is 4.41. The van der Waals surface area contributed by atoms with Crippen molar-refractivity contribution in [3.63, 3.8) is 0 Å². The minimum absolute atomic E-state index is 0.479. The smallest absolute Gasteiger partial charge is 0.161 e. The van der Waals surface area contributed by atoms with Crippen LogP contribution in [-0.2, 0) is 11.3 Å². The molecular weight excluding hydrogens is 377 g/mol. The molecule has 1 N–H and O–H groups in total. The van der Waals surface area contributed by atoms with E-state index in [1.54, 1.807) is 7.11 Å². The predicted octanol–water partition coefficient (Wildman–Crippen LogP) is 4.06. The highest BCUT2D eigenvalue weighted by Gasteiger charge is 2.12. The lowest BCUT2D eigenvalue weighted by atomic mass is 10.0. The van der Waals surface area contributed by atoms with E-state index in [1.807, 2.05) is 7.05 Å². The maximum Gasteiger partial charge on any atom is 0.161 e. The molecule has 2 aromatic rings. The molecule has 5 heteroatoms. The van der Waals surface area contributed by atoms with Gasteiger partial charge in [-0.05, 0) is 34.1 Å². The van der Waals surface area contributed by atoms with Crippen molar-refractivity contribution in [3.8, 4) is 11.4 Å². The summed E-state index contributed by atoms with van der Waals surface area (Å²) >= 11 is 2.25. The summed E-state index contributed by atoms with van der Waals surface area (Å²) in [5.41, 5.74) is 3.24. The molecule has 0 amide bonds. The number of nitrogens with one attached hydrogen (secondary N) is 1. The summed E-state index contributed by atoms with van der Waals surface area (Å²) in [6.07, 6.45) is 0. The molecule has 0 saturated heterocycles. The molecule has 1 aromatic carbocycles. The Bertz CT molecular complexity index is 612. The molecule has 1 heterocycles. The highest BCUT2D eigenvalue weighted by atomic mass is 127. The average Bonchev–Trinajstić information content (AvgIpc) is 2.49. The Morgan fingerprint density at radius 3 is 2.38 bits per heavy atom. The van der Waals surface area contributed by atoms with Gasteiger partial charge in [-0.3, -0.25) is 0 Å². The van der Waals surface area contributed by atoms with Crippen LogP contribution in [0.5, 0.6) is 0 Å². The molecule has 0 bridgehead atoms. The maximum atomic E-state index is 5.23. The normalized spacial score (nSPS) is 11.0. The molecule has 0 spiro atoms. The number of benzene rings is 1. The summed E-state index contributed by atoms with van der Waals surface area (Å²) in [7, 11) is 3.54. The quantitative estimate of drug-likeness (QED) is 0.774. The van der Waals surface area contributed by atoms with Gasteiger partial charge in [-0.1, -0.05) is 38.1 Å². The fourth-order valence-corrected chi connectivity index (χ4v) is 2.70. The van der Waals surface area contributed by atoms with Gasteiger partial charge in [0.2, 0.25) is 0 Å². The van der Waals surface area contributed by atoms with Gasteiger partial charge in [0.25, 0.3) is 0 Å². The second-order valence-electron chi connectivity index (χ2n) is 5.12. The number of rotatable bonds is 5. The molecule has 4 nitrogen and oxygen atoms in total. The predicted molar refractivity (Wildman–Crippen MR) is 94.5 cm³/mol. The van der Waals surface area contributed by atoms with Crippen molar-refractivity contribution in [3.05, 3.63) is 39.1 Å². The third-order valence-electron chi connectivity index (χ3n) is 3.27. The zero-order valence-corrected chi connectivity index (χ0v) is 14.9. The van der Waals surface area contributed by atoms with Gasteiger partial charge in [0, 0.05) is 19.7 Å². The Kier molecular flexibility index (Phi) is 5.52. The van der Waals surface area contributed by atoms with Gasteiger partial charge < -0.3 is 10.1 Å². The zero-order chi connectivity index (χ0) is 15.4. The molecule has 0 aliphatic rings. The minimum atomic E-state index is 0.479. The van der Waals surface area contributed by atoms with E-state index in [1.165, 1.54) is 5.56 Å². The molecule has 0 aliphatic heterocycles. The Balaban J connectivity index is 2.45. The van der Waals surface area contributed by atoms with Crippen molar-refractivity contribution in [1.82, 2.24) is 9.97 Å². The van der Waals surface area contributed by atoms with E-state index in [-0.39, 0.29) is 0 Å². The SMILES string of the molecule is CNc1nc(-c2ccc(C(C)C)cc2)nc(COC)c1I. The monoisotopic (exact) mass is 397 g/mol. The molecule has 21 heavy (non-hydrogen) atoms. The van der Waals surface area contributed by atoms with Crippen molar-refractivity contribution in [2.24, 2.45) is 0 Å². The van der Waals surface area contributed by atoms with Crippen LogP contribution in [0.15, 0.2) is 24.3 Å². The molecule has 0 radical (unpaired) electrons. The summed E-state index contributed by atoms with van der Waals surface area (Å²) in [6, 6.07) is 8.42. The van der Waals surface area contributed by atoms with Crippen molar-refractivity contribution >= 4 is 28.4 Å². The van der Waals surface area contributed by atoms with Gasteiger partial charge in [0.15, 0.2) is 5.82 Å². The lowest BCUT2D eigenvalue weighted by molar-refractivity contribution is 0.181. The summed E-state index contributed by atoms with van der Waals surface area (Å²) < 4.78 is 6.23. The number of hydrogen-bond donors (Lipinski definition) is 1. The second-order valence-corrected chi connectivity index (χ2v) is 6.19. The van der Waals surface area contributed by atoms with Gasteiger partial charge in [-0.15, -0.1) is 0 Å². The molecule has 0 unspecified atom stereocenters. The van der Waals surface area contributed by atoms with Crippen molar-refractivity contribution in [2.45, 2.75) is 26.4 Å². The molecule has 2 rings (SSSR count). The first-order valence-corrected chi connectivity index (χ1v) is 7.98. The van der Waals surface area contributed by atoms with Crippen LogP contribution in [0.2, 0.25) is 0 Å². The summed E-state index contributed by atoms with van der Waals surface area (Å²) in [5.74, 6) is 2.08. The molecule has 0 saturated carbocycles. The van der Waals surface area contributed by atoms with Crippen LogP contribution < -0.4 is 5.32 Å². The molecule has 0 atom stereocenters. The van der Waals surface area contributed by atoms with Crippen molar-refractivity contribution < 1.29 is 4.74 Å². The van der Waals surface area contributed by atoms with E-state index in [9.17, 15) is 0 Å². The zero-order valence-electron chi connectivity index (χ0n) is 12.8. The lowest BCUT2D eigenvalue weighted by Crippen LogP contribution is -2.06. The number of methoxy groups -OCH3 is 1. The number of ether oxygens (including phenoxy) is 1. The van der Waals surface area contributed by atoms with E-state index in [2.05, 4.69) is 76.0 Å². The number of halogens is 1. The van der Waals surface area contributed by atoms with Crippen LogP contribution >= 0.6 is 22.6 Å². The Morgan fingerprint density at radius 1 is 1.19 bits per heavy atom. The highest BCUT2D eigenvalue weighted by Crippen LogP contribution is 2.25. The number of anilines is 1. The summed E-state index contributed by atoms with van der Waals surface area (Å²) in [6.45, 7) is 4.85. The summed E-state index contributed by atoms with van der Waals surface area (Å²) in [5, 5.41) is 3.12. The van der Waals surface area contributed by atoms with Gasteiger partial charge in [-0.25, -0.2) is 9.97 Å². The second kappa shape index (κ2) is 7.17. The highest BCUT2D eigenvalue weighted by molar-refractivity contribution is 14.1. The fraction of sp³-hybridized carbons (Fsp3) is 0.375. The van der Waals surface area contributed by atoms with Crippen LogP contribution in [0.3, 0.4) is 0 Å². The summed E-state index contributed by atoms with van der Waals surface area (Å²) in [4.78, 5) is 9.22. The number of hydrogen-bond acceptors (Lipinski definition) is 4. The molecule has 0 aliphatic carbocycles. The molecular formula is C16H20IN3O. The maximum absolute atomic E-state index is 5.23. The van der Waals surface area contributed by atoms with E-state index in [0.717, 1.165) is 26.5 Å².